The van der Waals surface area contributed by atoms with Crippen LogP contribution in [0.25, 0.3) is 0 Å². The topological polar surface area (TPSA) is 67.8 Å². The molecule has 0 heterocycles. The van der Waals surface area contributed by atoms with Gasteiger partial charge in [-0.15, -0.1) is 0 Å². The van der Waals surface area contributed by atoms with Gasteiger partial charge in [0.15, 0.2) is 5.82 Å². The van der Waals surface area contributed by atoms with E-state index in [1.165, 1.54) is 25.1 Å². The van der Waals surface area contributed by atoms with Gasteiger partial charge in [-0.25, -0.2) is 18.0 Å². The van der Waals surface area contributed by atoms with Crippen molar-refractivity contribution in [2.75, 3.05) is 12.0 Å². The van der Waals surface area contributed by atoms with Crippen molar-refractivity contribution in [1.82, 2.24) is 0 Å². The van der Waals surface area contributed by atoms with Crippen LogP contribution in [0.15, 0.2) is 47.6 Å². The van der Waals surface area contributed by atoms with Gasteiger partial charge in [0.05, 0.1) is 17.9 Å². The molecule has 1 N–H and O–H groups in total. The normalized spacial score (nSPS) is 11.1. The lowest BCUT2D eigenvalue weighted by molar-refractivity contribution is -0.134. The molecule has 0 spiro atoms. The van der Waals surface area contributed by atoms with E-state index in [4.69, 9.17) is 4.74 Å². The van der Waals surface area contributed by atoms with E-state index in [9.17, 15) is 22.8 Å². The number of nitrogens with one attached hydrogen (secondary N) is 1. The van der Waals surface area contributed by atoms with Crippen LogP contribution in [-0.2, 0) is 9.53 Å². The number of hydrogen-bond donors (Lipinski definition) is 1. The Bertz CT molecular complexity index is 838. The number of rotatable bonds is 6. The van der Waals surface area contributed by atoms with E-state index in [0.29, 0.717) is 6.07 Å². The number of Topliss-reactive ketones (excluding diaryl/α,β-unsaturated/α-hetero) is 1. The van der Waals surface area contributed by atoms with Crippen LogP contribution in [-0.4, -0.2) is 24.1 Å². The van der Waals surface area contributed by atoms with Crippen LogP contribution in [0.2, 0.25) is 0 Å². The molecule has 0 amide bonds. The summed E-state index contributed by atoms with van der Waals surface area (Å²) < 4.78 is 45.0. The number of esters is 1. The first kappa shape index (κ1) is 18.2. The maximum Gasteiger partial charge on any atom is 0.362 e. The second-order valence-electron chi connectivity index (χ2n) is 4.73. The number of carbonyl (C=O) groups excluding carboxylic acids is 2. The Kier molecular flexibility index (Phi) is 5.89. The fraction of sp³-hybridized carbons (Fsp3) is 0.118. The fourth-order valence-corrected chi connectivity index (χ4v) is 1.86. The average molecular weight is 350 g/mol. The number of ketones is 1. The summed E-state index contributed by atoms with van der Waals surface area (Å²) in [5.74, 6) is -4.78. The maximum atomic E-state index is 13.8. The van der Waals surface area contributed by atoms with E-state index in [1.807, 2.05) is 0 Å². The third-order valence-electron chi connectivity index (χ3n) is 3.02. The molecule has 2 rings (SSSR count). The van der Waals surface area contributed by atoms with Gasteiger partial charge < -0.3 is 4.74 Å². The van der Waals surface area contributed by atoms with Crippen molar-refractivity contribution in [3.63, 3.8) is 0 Å². The minimum Gasteiger partial charge on any atom is -0.461 e. The largest absolute Gasteiger partial charge is 0.461 e. The summed E-state index contributed by atoms with van der Waals surface area (Å²) in [6.45, 7) is 1.46. The molecule has 130 valence electrons. The summed E-state index contributed by atoms with van der Waals surface area (Å²) in [5, 5.41) is 3.53. The number of ether oxygens (including phenoxy) is 1. The highest BCUT2D eigenvalue weighted by molar-refractivity contribution is 6.67. The van der Waals surface area contributed by atoms with Crippen LogP contribution in [0.5, 0.6) is 0 Å². The molecule has 0 radical (unpaired) electrons. The van der Waals surface area contributed by atoms with Gasteiger partial charge in [0.2, 0.25) is 11.5 Å². The smallest absolute Gasteiger partial charge is 0.362 e. The van der Waals surface area contributed by atoms with Crippen molar-refractivity contribution in [3.05, 3.63) is 65.5 Å². The first-order valence-electron chi connectivity index (χ1n) is 7.19. The van der Waals surface area contributed by atoms with E-state index < -0.39 is 40.5 Å². The van der Waals surface area contributed by atoms with Gasteiger partial charge in [-0.2, -0.15) is 5.10 Å². The summed E-state index contributed by atoms with van der Waals surface area (Å²) in [6.07, 6.45) is 0. The quantitative estimate of drug-likeness (QED) is 0.285. The molecule has 0 aliphatic heterocycles. The van der Waals surface area contributed by atoms with E-state index in [1.54, 1.807) is 0 Å². The molecule has 2 aromatic rings. The third kappa shape index (κ3) is 4.43. The van der Waals surface area contributed by atoms with E-state index in [-0.39, 0.29) is 12.3 Å². The lowest BCUT2D eigenvalue weighted by Gasteiger charge is -2.08. The number of hydrazone groups is 1. The Morgan fingerprint density at radius 2 is 1.80 bits per heavy atom. The van der Waals surface area contributed by atoms with Crippen molar-refractivity contribution >= 4 is 23.2 Å². The van der Waals surface area contributed by atoms with Crippen molar-refractivity contribution < 1.29 is 27.5 Å². The van der Waals surface area contributed by atoms with Crippen molar-refractivity contribution in [2.45, 2.75) is 6.92 Å². The average Bonchev–Trinajstić information content (AvgIpc) is 2.57. The minimum atomic E-state index is -1.11. The first-order chi connectivity index (χ1) is 11.9. The molecular weight excluding hydrogens is 337 g/mol. The molecule has 2 aromatic carbocycles. The summed E-state index contributed by atoms with van der Waals surface area (Å²) in [6, 6.07) is 7.59. The molecular formula is C17H13F3N2O3. The zero-order valence-electron chi connectivity index (χ0n) is 13.1. The number of carbonyl (C=O) groups is 2. The molecule has 0 aromatic heterocycles. The number of halogens is 3. The fourth-order valence-electron chi connectivity index (χ4n) is 1.86. The van der Waals surface area contributed by atoms with Crippen molar-refractivity contribution in [2.24, 2.45) is 5.10 Å². The molecule has 5 nitrogen and oxygen atoms in total. The second-order valence-corrected chi connectivity index (χ2v) is 4.73. The maximum absolute atomic E-state index is 13.8. The van der Waals surface area contributed by atoms with Gasteiger partial charge in [-0.1, -0.05) is 12.1 Å². The highest BCUT2D eigenvalue weighted by atomic mass is 19.1. The molecule has 0 aliphatic carbocycles. The lowest BCUT2D eigenvalue weighted by atomic mass is 10.1. The number of benzene rings is 2. The zero-order valence-corrected chi connectivity index (χ0v) is 13.1. The standard InChI is InChI=1S/C17H13F3N2O3/c1-2-25-17(24)15(16(23)11-5-3-4-6-12(11)19)22-21-14-8-7-10(18)9-13(14)20/h3-9,21H,2H2,1H3. The Morgan fingerprint density at radius 3 is 2.44 bits per heavy atom. The highest BCUT2D eigenvalue weighted by Gasteiger charge is 2.26. The number of nitrogens with zero attached hydrogens (tertiary/aromatic N) is 1. The van der Waals surface area contributed by atoms with Crippen molar-refractivity contribution in [1.29, 1.82) is 0 Å². The van der Waals surface area contributed by atoms with Crippen LogP contribution in [0, 0.1) is 17.5 Å². The van der Waals surface area contributed by atoms with Gasteiger partial charge >= 0.3 is 5.97 Å². The second kappa shape index (κ2) is 8.09. The molecule has 0 aliphatic rings. The predicted octanol–water partition coefficient (Wildman–Crippen LogP) is 3.32. The molecule has 25 heavy (non-hydrogen) atoms. The van der Waals surface area contributed by atoms with Crippen LogP contribution < -0.4 is 5.43 Å². The summed E-state index contributed by atoms with van der Waals surface area (Å²) in [4.78, 5) is 24.3. The van der Waals surface area contributed by atoms with Gasteiger partial charge in [0, 0.05) is 6.07 Å². The van der Waals surface area contributed by atoms with Crippen molar-refractivity contribution in [3.8, 4) is 0 Å². The van der Waals surface area contributed by atoms with E-state index >= 15 is 0 Å². The SMILES string of the molecule is CCOC(=O)C(=NNc1ccc(F)cc1F)C(=O)c1ccccc1F. The highest BCUT2D eigenvalue weighted by Crippen LogP contribution is 2.15. The van der Waals surface area contributed by atoms with Crippen LogP contribution in [0.1, 0.15) is 17.3 Å². The van der Waals surface area contributed by atoms with E-state index in [2.05, 4.69) is 10.5 Å². The minimum absolute atomic E-state index is 0.0483. The first-order valence-corrected chi connectivity index (χ1v) is 7.19. The summed E-state index contributed by atoms with van der Waals surface area (Å²) in [5.41, 5.74) is 0.718. The third-order valence-corrected chi connectivity index (χ3v) is 3.02. The molecule has 0 bridgehead atoms. The van der Waals surface area contributed by atoms with Gasteiger partial charge in [0.1, 0.15) is 11.6 Å². The van der Waals surface area contributed by atoms with Gasteiger partial charge in [-0.3, -0.25) is 10.2 Å². The predicted molar refractivity (Wildman–Crippen MR) is 84.8 cm³/mol. The van der Waals surface area contributed by atoms with E-state index in [0.717, 1.165) is 18.2 Å². The molecule has 8 heteroatoms. The zero-order chi connectivity index (χ0) is 18.4. The molecule has 0 unspecified atom stereocenters. The molecule has 0 saturated carbocycles. The Balaban J connectivity index is 2.37. The van der Waals surface area contributed by atoms with Gasteiger partial charge in [-0.05, 0) is 31.2 Å². The van der Waals surface area contributed by atoms with Crippen LogP contribution in [0.4, 0.5) is 18.9 Å². The van der Waals surface area contributed by atoms with Crippen LogP contribution in [0.3, 0.4) is 0 Å². The number of anilines is 1. The lowest BCUT2D eigenvalue weighted by Crippen LogP contribution is -2.28. The Labute approximate surface area is 141 Å². The van der Waals surface area contributed by atoms with Crippen LogP contribution >= 0.6 is 0 Å². The molecule has 0 fully saturated rings. The number of hydrogen-bond acceptors (Lipinski definition) is 5. The van der Waals surface area contributed by atoms with Gasteiger partial charge in [0.25, 0.3) is 0 Å². The molecule has 0 saturated heterocycles. The Morgan fingerprint density at radius 1 is 1.08 bits per heavy atom. The monoisotopic (exact) mass is 350 g/mol. The summed E-state index contributed by atoms with van der Waals surface area (Å²) >= 11 is 0. The Hall–Kier alpha value is -3.16. The molecule has 0 atom stereocenters. The summed E-state index contributed by atoms with van der Waals surface area (Å²) in [7, 11) is 0.